The summed E-state index contributed by atoms with van der Waals surface area (Å²) in [6.45, 7) is 0. The monoisotopic (exact) mass is 235 g/mol. The molecular formula is C13H10NNaO2. The van der Waals surface area contributed by atoms with Gasteiger partial charge in [-0.05, 0) is 23.6 Å². The Morgan fingerprint density at radius 2 is 1.82 bits per heavy atom. The SMILES string of the molecule is O=C([O-])c1ncccc1Cc1ccccc1.[Na+]. The van der Waals surface area contributed by atoms with E-state index in [1.807, 2.05) is 30.3 Å². The van der Waals surface area contributed by atoms with Crippen LogP contribution in [-0.4, -0.2) is 11.0 Å². The number of aromatic nitrogens is 1. The Balaban J connectivity index is 0.00000144. The third kappa shape index (κ3) is 3.66. The number of aromatic carboxylic acids is 1. The topological polar surface area (TPSA) is 53.0 Å². The Kier molecular flexibility index (Phi) is 5.35. The molecule has 0 saturated heterocycles. The van der Waals surface area contributed by atoms with E-state index in [0.29, 0.717) is 12.0 Å². The van der Waals surface area contributed by atoms with Crippen LogP contribution in [0.4, 0.5) is 0 Å². The number of carbonyl (C=O) groups excluding carboxylic acids is 1. The van der Waals surface area contributed by atoms with E-state index in [1.165, 1.54) is 6.20 Å². The molecule has 0 N–H and O–H groups in total. The largest absolute Gasteiger partial charge is 1.00 e. The van der Waals surface area contributed by atoms with Crippen LogP contribution in [0, 0.1) is 0 Å². The van der Waals surface area contributed by atoms with Crippen molar-refractivity contribution in [2.24, 2.45) is 0 Å². The van der Waals surface area contributed by atoms with E-state index < -0.39 is 5.97 Å². The number of nitrogens with zero attached hydrogens (tertiary/aromatic N) is 1. The van der Waals surface area contributed by atoms with Gasteiger partial charge in [0.15, 0.2) is 0 Å². The van der Waals surface area contributed by atoms with Gasteiger partial charge in [-0.15, -0.1) is 0 Å². The minimum absolute atomic E-state index is 0. The number of pyridine rings is 1. The normalized spacial score (nSPS) is 9.41. The van der Waals surface area contributed by atoms with Crippen molar-refractivity contribution in [1.82, 2.24) is 4.98 Å². The Labute approximate surface area is 122 Å². The van der Waals surface area contributed by atoms with Gasteiger partial charge in [0.2, 0.25) is 0 Å². The fourth-order valence-corrected chi connectivity index (χ4v) is 1.58. The van der Waals surface area contributed by atoms with Crippen LogP contribution in [0.25, 0.3) is 0 Å². The summed E-state index contributed by atoms with van der Waals surface area (Å²) >= 11 is 0. The first kappa shape index (κ1) is 13.9. The number of carboxylic acid groups (broad SMARTS) is 1. The first-order chi connectivity index (χ1) is 7.77. The molecule has 0 unspecified atom stereocenters. The van der Waals surface area contributed by atoms with Crippen molar-refractivity contribution in [3.63, 3.8) is 0 Å². The van der Waals surface area contributed by atoms with E-state index in [-0.39, 0.29) is 35.3 Å². The third-order valence-corrected chi connectivity index (χ3v) is 2.32. The van der Waals surface area contributed by atoms with Crippen LogP contribution in [0.15, 0.2) is 48.7 Å². The molecule has 0 spiro atoms. The molecule has 0 fully saturated rings. The van der Waals surface area contributed by atoms with Crippen molar-refractivity contribution in [2.75, 3.05) is 0 Å². The van der Waals surface area contributed by atoms with Gasteiger partial charge in [-0.2, -0.15) is 0 Å². The molecule has 3 nitrogen and oxygen atoms in total. The van der Waals surface area contributed by atoms with Crippen molar-refractivity contribution in [3.8, 4) is 0 Å². The summed E-state index contributed by atoms with van der Waals surface area (Å²) in [4.78, 5) is 14.7. The minimum Gasteiger partial charge on any atom is -0.543 e. The van der Waals surface area contributed by atoms with Crippen LogP contribution >= 0.6 is 0 Å². The number of benzene rings is 1. The van der Waals surface area contributed by atoms with Gasteiger partial charge >= 0.3 is 29.6 Å². The fraction of sp³-hybridized carbons (Fsp3) is 0.0769. The van der Waals surface area contributed by atoms with Crippen LogP contribution < -0.4 is 34.7 Å². The standard InChI is InChI=1S/C13H11NO2.Na/c15-13(16)12-11(7-4-8-14-12)9-10-5-2-1-3-6-10;/h1-8H,9H2,(H,15,16);/q;+1/p-1. The summed E-state index contributed by atoms with van der Waals surface area (Å²) in [5.74, 6) is -1.23. The van der Waals surface area contributed by atoms with Crippen LogP contribution in [0.5, 0.6) is 0 Å². The maximum absolute atomic E-state index is 10.8. The maximum atomic E-state index is 10.8. The summed E-state index contributed by atoms with van der Waals surface area (Å²) in [5.41, 5.74) is 1.75. The molecule has 1 aromatic carbocycles. The van der Waals surface area contributed by atoms with Gasteiger partial charge in [0.05, 0.1) is 11.7 Å². The van der Waals surface area contributed by atoms with Crippen LogP contribution in [0.3, 0.4) is 0 Å². The molecule has 4 heteroatoms. The van der Waals surface area contributed by atoms with Crippen molar-refractivity contribution in [3.05, 3.63) is 65.5 Å². The molecule has 0 saturated carbocycles. The van der Waals surface area contributed by atoms with E-state index >= 15 is 0 Å². The summed E-state index contributed by atoms with van der Waals surface area (Å²) < 4.78 is 0. The van der Waals surface area contributed by atoms with E-state index in [4.69, 9.17) is 0 Å². The Morgan fingerprint density at radius 1 is 1.12 bits per heavy atom. The molecule has 2 aromatic rings. The molecule has 17 heavy (non-hydrogen) atoms. The molecule has 0 bridgehead atoms. The molecule has 0 aliphatic heterocycles. The number of carbonyl (C=O) groups is 1. The average molecular weight is 235 g/mol. The first-order valence-electron chi connectivity index (χ1n) is 4.96. The van der Waals surface area contributed by atoms with E-state index in [9.17, 15) is 9.90 Å². The number of hydrogen-bond acceptors (Lipinski definition) is 3. The Bertz CT molecular complexity index is 500. The molecule has 1 heterocycles. The van der Waals surface area contributed by atoms with Gasteiger partial charge in [0.25, 0.3) is 0 Å². The minimum atomic E-state index is -1.23. The van der Waals surface area contributed by atoms with E-state index in [0.717, 1.165) is 5.56 Å². The third-order valence-electron chi connectivity index (χ3n) is 2.32. The second kappa shape index (κ2) is 6.55. The summed E-state index contributed by atoms with van der Waals surface area (Å²) in [6, 6.07) is 13.1. The van der Waals surface area contributed by atoms with Crippen LogP contribution in [-0.2, 0) is 6.42 Å². The van der Waals surface area contributed by atoms with Crippen molar-refractivity contribution in [2.45, 2.75) is 6.42 Å². The molecule has 0 atom stereocenters. The Morgan fingerprint density at radius 3 is 2.47 bits per heavy atom. The number of rotatable bonds is 3. The van der Waals surface area contributed by atoms with Crippen molar-refractivity contribution >= 4 is 5.97 Å². The molecular weight excluding hydrogens is 225 g/mol. The maximum Gasteiger partial charge on any atom is 1.00 e. The van der Waals surface area contributed by atoms with Crippen LogP contribution in [0.2, 0.25) is 0 Å². The molecule has 0 aliphatic carbocycles. The molecule has 1 aromatic heterocycles. The van der Waals surface area contributed by atoms with Crippen molar-refractivity contribution < 1.29 is 39.5 Å². The zero-order valence-electron chi connectivity index (χ0n) is 9.59. The van der Waals surface area contributed by atoms with Gasteiger partial charge < -0.3 is 9.90 Å². The predicted molar refractivity (Wildman–Crippen MR) is 57.8 cm³/mol. The van der Waals surface area contributed by atoms with Gasteiger partial charge in [-0.25, -0.2) is 0 Å². The van der Waals surface area contributed by atoms with Gasteiger partial charge in [0.1, 0.15) is 0 Å². The van der Waals surface area contributed by atoms with Crippen LogP contribution in [0.1, 0.15) is 21.6 Å². The van der Waals surface area contributed by atoms with E-state index in [2.05, 4.69) is 4.98 Å². The molecule has 2 rings (SSSR count). The number of hydrogen-bond donors (Lipinski definition) is 0. The number of carboxylic acids is 1. The zero-order chi connectivity index (χ0) is 11.4. The summed E-state index contributed by atoms with van der Waals surface area (Å²) in [7, 11) is 0. The average Bonchev–Trinajstić information content (AvgIpc) is 2.31. The molecule has 80 valence electrons. The second-order valence-electron chi connectivity index (χ2n) is 3.46. The zero-order valence-corrected chi connectivity index (χ0v) is 11.6. The molecule has 0 aliphatic rings. The summed E-state index contributed by atoms with van der Waals surface area (Å²) in [6.07, 6.45) is 2.01. The van der Waals surface area contributed by atoms with Crippen molar-refractivity contribution in [1.29, 1.82) is 0 Å². The van der Waals surface area contributed by atoms with Gasteiger partial charge in [0, 0.05) is 6.20 Å². The smallest absolute Gasteiger partial charge is 0.543 e. The van der Waals surface area contributed by atoms with Gasteiger partial charge in [-0.1, -0.05) is 36.4 Å². The first-order valence-corrected chi connectivity index (χ1v) is 4.96. The van der Waals surface area contributed by atoms with Gasteiger partial charge in [-0.3, -0.25) is 4.98 Å². The Hall–Kier alpha value is -1.16. The fourth-order valence-electron chi connectivity index (χ4n) is 1.58. The predicted octanol–water partition coefficient (Wildman–Crippen LogP) is -1.96. The van der Waals surface area contributed by atoms with E-state index in [1.54, 1.807) is 12.1 Å². The molecule has 0 amide bonds. The molecule has 0 radical (unpaired) electrons. The second-order valence-corrected chi connectivity index (χ2v) is 3.46. The summed E-state index contributed by atoms with van der Waals surface area (Å²) in [5, 5.41) is 10.8. The quantitative estimate of drug-likeness (QED) is 0.580.